The molecular formula is C25H26N4O3S. The summed E-state index contributed by atoms with van der Waals surface area (Å²) in [6, 6.07) is 15.2. The second kappa shape index (κ2) is 10.0. The summed E-state index contributed by atoms with van der Waals surface area (Å²) in [6.45, 7) is 7.09. The molecule has 1 amide bonds. The van der Waals surface area contributed by atoms with E-state index in [2.05, 4.69) is 23.9 Å². The Labute approximate surface area is 197 Å². The van der Waals surface area contributed by atoms with Crippen LogP contribution >= 0.6 is 11.8 Å². The first kappa shape index (κ1) is 22.8. The minimum atomic E-state index is -0.423. The van der Waals surface area contributed by atoms with Gasteiger partial charge in [0.2, 0.25) is 5.17 Å². The molecule has 33 heavy (non-hydrogen) atoms. The SMILES string of the molecule is Cc1cccc(OCCOc2ccc(/C=C3\C(=N)N4N=C(CC(C)C)SC4=NC3=O)cc2)c1. The highest BCUT2D eigenvalue weighted by atomic mass is 32.2. The summed E-state index contributed by atoms with van der Waals surface area (Å²) in [5.41, 5.74) is 2.15. The number of amides is 1. The van der Waals surface area contributed by atoms with E-state index in [1.807, 2.05) is 55.5 Å². The van der Waals surface area contributed by atoms with E-state index in [1.165, 1.54) is 16.8 Å². The van der Waals surface area contributed by atoms with Gasteiger partial charge in [-0.3, -0.25) is 10.2 Å². The maximum absolute atomic E-state index is 12.5. The van der Waals surface area contributed by atoms with Crippen molar-refractivity contribution in [2.24, 2.45) is 16.0 Å². The molecule has 2 aromatic rings. The van der Waals surface area contributed by atoms with Crippen LogP contribution in [0.1, 0.15) is 31.4 Å². The lowest BCUT2D eigenvalue weighted by Crippen LogP contribution is -2.35. The van der Waals surface area contributed by atoms with E-state index in [9.17, 15) is 4.79 Å². The largest absolute Gasteiger partial charge is 0.490 e. The van der Waals surface area contributed by atoms with Gasteiger partial charge in [-0.1, -0.05) is 38.1 Å². The molecule has 4 rings (SSSR count). The number of hydrazone groups is 1. The summed E-state index contributed by atoms with van der Waals surface area (Å²) < 4.78 is 11.4. The molecule has 0 bridgehead atoms. The molecule has 0 aliphatic carbocycles. The molecule has 2 heterocycles. The number of nitrogens with one attached hydrogen (secondary N) is 1. The van der Waals surface area contributed by atoms with Crippen LogP contribution in [0.4, 0.5) is 0 Å². The predicted molar refractivity (Wildman–Crippen MR) is 133 cm³/mol. The van der Waals surface area contributed by atoms with Crippen LogP contribution in [-0.4, -0.2) is 40.2 Å². The van der Waals surface area contributed by atoms with Crippen LogP contribution in [0.3, 0.4) is 0 Å². The third-order valence-corrected chi connectivity index (χ3v) is 5.81. The van der Waals surface area contributed by atoms with Crippen molar-refractivity contribution in [2.45, 2.75) is 27.2 Å². The smallest absolute Gasteiger partial charge is 0.283 e. The summed E-state index contributed by atoms with van der Waals surface area (Å²) >= 11 is 1.36. The topological polar surface area (TPSA) is 87.3 Å². The minimum absolute atomic E-state index is 0.0462. The number of carbonyl (C=O) groups is 1. The van der Waals surface area contributed by atoms with Crippen LogP contribution in [0.2, 0.25) is 0 Å². The molecule has 0 radical (unpaired) electrons. The maximum Gasteiger partial charge on any atom is 0.283 e. The normalized spacial score (nSPS) is 16.7. The first-order chi connectivity index (χ1) is 15.9. The van der Waals surface area contributed by atoms with E-state index in [1.54, 1.807) is 6.08 Å². The fourth-order valence-corrected chi connectivity index (χ4v) is 4.41. The van der Waals surface area contributed by atoms with Gasteiger partial charge in [0.25, 0.3) is 5.91 Å². The van der Waals surface area contributed by atoms with E-state index in [-0.39, 0.29) is 11.4 Å². The third kappa shape index (κ3) is 5.70. The van der Waals surface area contributed by atoms with Crippen molar-refractivity contribution in [3.8, 4) is 11.5 Å². The highest BCUT2D eigenvalue weighted by Crippen LogP contribution is 2.30. The third-order valence-electron chi connectivity index (χ3n) is 4.88. The Kier molecular flexibility index (Phi) is 6.93. The van der Waals surface area contributed by atoms with Crippen molar-refractivity contribution in [2.75, 3.05) is 13.2 Å². The van der Waals surface area contributed by atoms with Gasteiger partial charge in [0.15, 0.2) is 5.84 Å². The van der Waals surface area contributed by atoms with Gasteiger partial charge in [0.05, 0.1) is 5.57 Å². The van der Waals surface area contributed by atoms with Crippen molar-refractivity contribution in [3.63, 3.8) is 0 Å². The van der Waals surface area contributed by atoms with Crippen molar-refractivity contribution < 1.29 is 14.3 Å². The van der Waals surface area contributed by atoms with Crippen LogP contribution in [-0.2, 0) is 4.79 Å². The quantitative estimate of drug-likeness (QED) is 0.435. The molecule has 0 atom stereocenters. The zero-order chi connectivity index (χ0) is 23.4. The lowest BCUT2D eigenvalue weighted by Gasteiger charge is -2.20. The number of aryl methyl sites for hydroxylation is 1. The Morgan fingerprint density at radius 2 is 1.82 bits per heavy atom. The summed E-state index contributed by atoms with van der Waals surface area (Å²) in [7, 11) is 0. The number of hydrogen-bond acceptors (Lipinski definition) is 6. The van der Waals surface area contributed by atoms with Gasteiger partial charge in [-0.2, -0.15) is 15.1 Å². The lowest BCUT2D eigenvalue weighted by atomic mass is 10.1. The van der Waals surface area contributed by atoms with Gasteiger partial charge in [-0.05, 0) is 66.1 Å². The second-order valence-corrected chi connectivity index (χ2v) is 9.23. The standard InChI is InChI=1S/C25H26N4O3S/c1-16(2)13-22-28-29-23(26)21(24(30)27-25(29)33-22)15-18-7-9-19(10-8-18)31-11-12-32-20-6-4-5-17(3)14-20/h4-10,14-16,26H,11-13H2,1-3H3/b21-15+,26-23?. The monoisotopic (exact) mass is 462 g/mol. The number of thioether (sulfide) groups is 1. The Bertz CT molecular complexity index is 1150. The Morgan fingerprint density at radius 1 is 1.09 bits per heavy atom. The molecule has 7 nitrogen and oxygen atoms in total. The molecule has 0 saturated heterocycles. The van der Waals surface area contributed by atoms with E-state index < -0.39 is 5.91 Å². The number of ether oxygens (including phenoxy) is 2. The zero-order valence-electron chi connectivity index (χ0n) is 18.9. The molecule has 1 N–H and O–H groups in total. The van der Waals surface area contributed by atoms with E-state index in [0.29, 0.717) is 30.0 Å². The molecule has 2 aliphatic rings. The van der Waals surface area contributed by atoms with Crippen molar-refractivity contribution >= 4 is 39.8 Å². The molecule has 0 aromatic heterocycles. The lowest BCUT2D eigenvalue weighted by molar-refractivity contribution is -0.114. The Balaban J connectivity index is 1.36. The summed E-state index contributed by atoms with van der Waals surface area (Å²) in [5.74, 6) is 1.59. The number of carbonyl (C=O) groups excluding carboxylic acids is 1. The molecule has 0 spiro atoms. The molecule has 8 heteroatoms. The molecule has 2 aliphatic heterocycles. The van der Waals surface area contributed by atoms with Crippen LogP contribution in [0.5, 0.6) is 11.5 Å². The number of aliphatic imine (C=N–C) groups is 1. The number of amidine groups is 2. The van der Waals surface area contributed by atoms with Crippen LogP contribution in [0, 0.1) is 18.3 Å². The second-order valence-electron chi connectivity index (χ2n) is 8.19. The summed E-state index contributed by atoms with van der Waals surface area (Å²) in [5, 5.41) is 15.7. The minimum Gasteiger partial charge on any atom is -0.490 e. The van der Waals surface area contributed by atoms with Gasteiger partial charge < -0.3 is 9.47 Å². The zero-order valence-corrected chi connectivity index (χ0v) is 19.7. The van der Waals surface area contributed by atoms with Gasteiger partial charge in [-0.25, -0.2) is 0 Å². The number of benzene rings is 2. The van der Waals surface area contributed by atoms with Crippen LogP contribution in [0.15, 0.2) is 64.2 Å². The van der Waals surface area contributed by atoms with Crippen molar-refractivity contribution in [1.29, 1.82) is 5.41 Å². The van der Waals surface area contributed by atoms with E-state index >= 15 is 0 Å². The summed E-state index contributed by atoms with van der Waals surface area (Å²) in [6.07, 6.45) is 2.45. The molecular weight excluding hydrogens is 436 g/mol. The van der Waals surface area contributed by atoms with Gasteiger partial charge in [0, 0.05) is 6.42 Å². The van der Waals surface area contributed by atoms with Crippen LogP contribution < -0.4 is 9.47 Å². The molecule has 2 aromatic carbocycles. The first-order valence-corrected chi connectivity index (χ1v) is 11.6. The Hall–Kier alpha value is -3.39. The highest BCUT2D eigenvalue weighted by Gasteiger charge is 2.35. The maximum atomic E-state index is 12.5. The molecule has 170 valence electrons. The fraction of sp³-hybridized carbons (Fsp3) is 0.280. The summed E-state index contributed by atoms with van der Waals surface area (Å²) in [4.78, 5) is 16.7. The van der Waals surface area contributed by atoms with E-state index in [0.717, 1.165) is 28.3 Å². The number of fused-ring (bicyclic) bond motifs is 1. The average Bonchev–Trinajstić information content (AvgIpc) is 3.17. The Morgan fingerprint density at radius 3 is 2.52 bits per heavy atom. The van der Waals surface area contributed by atoms with Gasteiger partial charge in [-0.15, -0.1) is 0 Å². The molecule has 0 saturated carbocycles. The molecule has 0 unspecified atom stereocenters. The number of hydrogen-bond donors (Lipinski definition) is 1. The average molecular weight is 463 g/mol. The van der Waals surface area contributed by atoms with Crippen LogP contribution in [0.25, 0.3) is 6.08 Å². The molecule has 0 fully saturated rings. The van der Waals surface area contributed by atoms with Crippen molar-refractivity contribution in [1.82, 2.24) is 5.01 Å². The van der Waals surface area contributed by atoms with Gasteiger partial charge in [0.1, 0.15) is 29.8 Å². The highest BCUT2D eigenvalue weighted by molar-refractivity contribution is 8.26. The predicted octanol–water partition coefficient (Wildman–Crippen LogP) is 5.12. The number of rotatable bonds is 8. The van der Waals surface area contributed by atoms with Gasteiger partial charge >= 0.3 is 0 Å². The van der Waals surface area contributed by atoms with E-state index in [4.69, 9.17) is 14.9 Å². The number of nitrogens with zero attached hydrogens (tertiary/aromatic N) is 3. The van der Waals surface area contributed by atoms with Crippen molar-refractivity contribution in [3.05, 3.63) is 65.2 Å². The first-order valence-electron chi connectivity index (χ1n) is 10.8. The fourth-order valence-electron chi connectivity index (χ4n) is 3.31.